The summed E-state index contributed by atoms with van der Waals surface area (Å²) in [5.41, 5.74) is 3.79. The smallest absolute Gasteiger partial charge is 0.257 e. The Morgan fingerprint density at radius 2 is 2.06 bits per heavy atom. The maximum absolute atomic E-state index is 13.5. The molecule has 6 heteroatoms. The molecule has 5 rings (SSSR count). The number of methoxy groups -OCH3 is 1. The number of benzene rings is 1. The highest BCUT2D eigenvalue weighted by atomic mass is 16.5. The van der Waals surface area contributed by atoms with Crippen molar-refractivity contribution in [1.29, 1.82) is 0 Å². The highest BCUT2D eigenvalue weighted by molar-refractivity contribution is 5.96. The lowest BCUT2D eigenvalue weighted by Gasteiger charge is -2.57. The SMILES string of the molecule is COc1cccc(C[C@H]2[C@H]3C[C@H](CN(C(=O)c4c(C)n[nH]c4C)C3)[C@@H]3CCCCN32)c1. The maximum Gasteiger partial charge on any atom is 0.257 e. The van der Waals surface area contributed by atoms with Gasteiger partial charge in [0.2, 0.25) is 0 Å². The van der Waals surface area contributed by atoms with Gasteiger partial charge in [0.1, 0.15) is 5.75 Å². The molecule has 3 aliphatic heterocycles. The molecule has 3 fully saturated rings. The first-order chi connectivity index (χ1) is 15.0. The molecule has 1 amide bonds. The summed E-state index contributed by atoms with van der Waals surface area (Å²) in [4.78, 5) is 18.4. The Hall–Kier alpha value is -2.34. The minimum atomic E-state index is 0.155. The summed E-state index contributed by atoms with van der Waals surface area (Å²) < 4.78 is 5.47. The minimum absolute atomic E-state index is 0.155. The third-order valence-corrected chi connectivity index (χ3v) is 7.83. The normalized spacial score (nSPS) is 28.3. The number of aryl methyl sites for hydroxylation is 2. The monoisotopic (exact) mass is 422 g/mol. The molecule has 2 bridgehead atoms. The number of nitrogens with zero attached hydrogens (tertiary/aromatic N) is 3. The molecular weight excluding hydrogens is 388 g/mol. The molecule has 3 saturated heterocycles. The van der Waals surface area contributed by atoms with Gasteiger partial charge in [-0.1, -0.05) is 18.6 Å². The number of fused-ring (bicyclic) bond motifs is 4. The first-order valence-corrected chi connectivity index (χ1v) is 11.7. The third kappa shape index (κ3) is 3.75. The zero-order valence-electron chi connectivity index (χ0n) is 18.9. The van der Waals surface area contributed by atoms with E-state index in [1.165, 1.54) is 37.8 Å². The predicted molar refractivity (Wildman–Crippen MR) is 120 cm³/mol. The predicted octanol–water partition coefficient (Wildman–Crippen LogP) is 3.59. The average Bonchev–Trinajstić information content (AvgIpc) is 3.14. The van der Waals surface area contributed by atoms with Crippen LogP contribution in [0.25, 0.3) is 0 Å². The van der Waals surface area contributed by atoms with Gasteiger partial charge in [0, 0.05) is 30.9 Å². The second kappa shape index (κ2) is 8.30. The summed E-state index contributed by atoms with van der Waals surface area (Å²) in [7, 11) is 1.73. The van der Waals surface area contributed by atoms with Gasteiger partial charge in [-0.3, -0.25) is 14.8 Å². The van der Waals surface area contributed by atoms with Crippen molar-refractivity contribution < 1.29 is 9.53 Å². The fraction of sp³-hybridized carbons (Fsp3) is 0.600. The van der Waals surface area contributed by atoms with Crippen LogP contribution in [0.4, 0.5) is 0 Å². The van der Waals surface area contributed by atoms with Crippen LogP contribution >= 0.6 is 0 Å². The van der Waals surface area contributed by atoms with E-state index in [2.05, 4.69) is 38.2 Å². The number of aromatic amines is 1. The van der Waals surface area contributed by atoms with Gasteiger partial charge in [-0.15, -0.1) is 0 Å². The van der Waals surface area contributed by atoms with Crippen LogP contribution in [-0.2, 0) is 6.42 Å². The number of nitrogens with one attached hydrogen (secondary N) is 1. The largest absolute Gasteiger partial charge is 0.497 e. The number of carbonyl (C=O) groups excluding carboxylic acids is 1. The Morgan fingerprint density at radius 3 is 2.84 bits per heavy atom. The molecule has 0 aliphatic carbocycles. The number of carbonyl (C=O) groups is 1. The van der Waals surface area contributed by atoms with Crippen LogP contribution in [0.5, 0.6) is 5.75 Å². The van der Waals surface area contributed by atoms with E-state index >= 15 is 0 Å². The molecule has 166 valence electrons. The van der Waals surface area contributed by atoms with Crippen molar-refractivity contribution in [2.24, 2.45) is 11.8 Å². The molecule has 4 atom stereocenters. The maximum atomic E-state index is 13.5. The first-order valence-electron chi connectivity index (χ1n) is 11.7. The molecule has 3 aliphatic rings. The third-order valence-electron chi connectivity index (χ3n) is 7.83. The molecule has 6 nitrogen and oxygen atoms in total. The van der Waals surface area contributed by atoms with Crippen molar-refractivity contribution >= 4 is 5.91 Å². The average molecular weight is 423 g/mol. The fourth-order valence-electron chi connectivity index (χ4n) is 6.42. The van der Waals surface area contributed by atoms with Crippen molar-refractivity contribution in [3.05, 3.63) is 46.8 Å². The molecule has 1 aromatic carbocycles. The van der Waals surface area contributed by atoms with E-state index in [4.69, 9.17) is 4.74 Å². The topological polar surface area (TPSA) is 61.5 Å². The number of ether oxygens (including phenoxy) is 1. The van der Waals surface area contributed by atoms with Crippen LogP contribution in [-0.4, -0.2) is 64.7 Å². The molecule has 1 aromatic heterocycles. The number of H-pyrrole nitrogens is 1. The highest BCUT2D eigenvalue weighted by Gasteiger charge is 2.48. The van der Waals surface area contributed by atoms with Crippen LogP contribution in [0.15, 0.2) is 24.3 Å². The summed E-state index contributed by atoms with van der Waals surface area (Å²) in [6.45, 7) is 6.80. The Kier molecular flexibility index (Phi) is 5.51. The Morgan fingerprint density at radius 1 is 1.23 bits per heavy atom. The summed E-state index contributed by atoms with van der Waals surface area (Å²) in [6, 6.07) is 9.58. The lowest BCUT2D eigenvalue weighted by molar-refractivity contribution is -0.0642. The van der Waals surface area contributed by atoms with Gasteiger partial charge in [0.25, 0.3) is 5.91 Å². The molecule has 0 unspecified atom stereocenters. The zero-order valence-corrected chi connectivity index (χ0v) is 18.9. The lowest BCUT2D eigenvalue weighted by atomic mass is 9.71. The number of amides is 1. The van der Waals surface area contributed by atoms with Gasteiger partial charge in [0.05, 0.1) is 18.4 Å². The van der Waals surface area contributed by atoms with Gasteiger partial charge in [-0.05, 0) is 75.6 Å². The molecule has 0 radical (unpaired) electrons. The highest BCUT2D eigenvalue weighted by Crippen LogP contribution is 2.42. The van der Waals surface area contributed by atoms with E-state index in [9.17, 15) is 4.79 Å². The molecule has 31 heavy (non-hydrogen) atoms. The lowest BCUT2D eigenvalue weighted by Crippen LogP contribution is -2.64. The van der Waals surface area contributed by atoms with Crippen molar-refractivity contribution in [2.75, 3.05) is 26.7 Å². The van der Waals surface area contributed by atoms with Gasteiger partial charge in [-0.25, -0.2) is 0 Å². The zero-order chi connectivity index (χ0) is 21.5. The number of piperidine rings is 3. The van der Waals surface area contributed by atoms with Gasteiger partial charge >= 0.3 is 0 Å². The fourth-order valence-corrected chi connectivity index (χ4v) is 6.42. The van der Waals surface area contributed by atoms with Gasteiger partial charge in [0.15, 0.2) is 0 Å². The van der Waals surface area contributed by atoms with Crippen molar-refractivity contribution in [3.63, 3.8) is 0 Å². The molecular formula is C25H34N4O2. The van der Waals surface area contributed by atoms with E-state index in [1.807, 2.05) is 19.9 Å². The van der Waals surface area contributed by atoms with Crippen LogP contribution in [0.2, 0.25) is 0 Å². The first kappa shape index (κ1) is 20.6. The summed E-state index contributed by atoms with van der Waals surface area (Å²) in [5, 5.41) is 7.25. The van der Waals surface area contributed by atoms with E-state index in [0.717, 1.165) is 42.2 Å². The number of likely N-dealkylation sites (tertiary alicyclic amines) is 1. The number of hydrogen-bond donors (Lipinski definition) is 1. The second-order valence-electron chi connectivity index (χ2n) is 9.70. The minimum Gasteiger partial charge on any atom is -0.497 e. The van der Waals surface area contributed by atoms with Crippen LogP contribution in [0.1, 0.15) is 53.0 Å². The summed E-state index contributed by atoms with van der Waals surface area (Å²) >= 11 is 0. The standard InChI is InChI=1S/C25H34N4O2/c1-16-24(17(2)27-26-16)25(30)28-14-19-13-20(15-28)23(29-10-5-4-9-22(19)29)12-18-7-6-8-21(11-18)31-3/h6-8,11,19-20,22-23H,4-5,9-10,12-15H2,1-3H3,(H,26,27)/t19-,20+,22+,23+/m1/s1. The number of aromatic nitrogens is 2. The molecule has 0 saturated carbocycles. The summed E-state index contributed by atoms with van der Waals surface area (Å²) in [5.74, 6) is 2.17. The summed E-state index contributed by atoms with van der Waals surface area (Å²) in [6.07, 6.45) is 6.13. The van der Waals surface area contributed by atoms with Crippen LogP contribution in [0, 0.1) is 25.7 Å². The van der Waals surface area contributed by atoms with E-state index < -0.39 is 0 Å². The van der Waals surface area contributed by atoms with Crippen molar-refractivity contribution in [1.82, 2.24) is 20.0 Å². The Bertz CT molecular complexity index is 935. The van der Waals surface area contributed by atoms with Crippen molar-refractivity contribution in [3.8, 4) is 5.75 Å². The molecule has 2 aromatic rings. The number of rotatable bonds is 4. The van der Waals surface area contributed by atoms with Crippen LogP contribution in [0.3, 0.4) is 0 Å². The van der Waals surface area contributed by atoms with Crippen LogP contribution < -0.4 is 4.74 Å². The van der Waals surface area contributed by atoms with Gasteiger partial charge in [-0.2, -0.15) is 5.10 Å². The van der Waals surface area contributed by atoms with E-state index in [0.29, 0.717) is 23.9 Å². The molecule has 0 spiro atoms. The van der Waals surface area contributed by atoms with Gasteiger partial charge < -0.3 is 9.64 Å². The van der Waals surface area contributed by atoms with Crippen molar-refractivity contribution in [2.45, 2.75) is 58.0 Å². The van der Waals surface area contributed by atoms with E-state index in [1.54, 1.807) is 7.11 Å². The second-order valence-corrected chi connectivity index (χ2v) is 9.70. The number of hydrogen-bond acceptors (Lipinski definition) is 4. The molecule has 1 N–H and O–H groups in total. The van der Waals surface area contributed by atoms with E-state index in [-0.39, 0.29) is 5.91 Å². The molecule has 4 heterocycles. The Balaban J connectivity index is 1.42. The Labute approximate surface area is 185 Å². The quantitative estimate of drug-likeness (QED) is 0.818.